The van der Waals surface area contributed by atoms with Gasteiger partial charge < -0.3 is 16.0 Å². The lowest BCUT2D eigenvalue weighted by Crippen LogP contribution is -2.28. The van der Waals surface area contributed by atoms with Crippen LogP contribution in [-0.4, -0.2) is 11.9 Å². The number of benzene rings is 2. The maximum atomic E-state index is 11.9. The van der Waals surface area contributed by atoms with E-state index in [-0.39, 0.29) is 11.9 Å². The van der Waals surface area contributed by atoms with Crippen LogP contribution in [-0.2, 0) is 11.3 Å². The largest absolute Gasteiger partial charge is 0.334 e. The number of nitrogens with one attached hydrogen (secondary N) is 3. The molecule has 3 amide bonds. The number of anilines is 2. The second-order valence-electron chi connectivity index (χ2n) is 4.82. The number of halogens is 2. The third kappa shape index (κ3) is 5.47. The van der Waals surface area contributed by atoms with Gasteiger partial charge in [-0.3, -0.25) is 4.79 Å². The molecule has 2 rings (SSSR count). The van der Waals surface area contributed by atoms with Gasteiger partial charge >= 0.3 is 6.03 Å². The van der Waals surface area contributed by atoms with E-state index in [0.29, 0.717) is 28.0 Å². The summed E-state index contributed by atoms with van der Waals surface area (Å²) in [6.07, 6.45) is 0. The molecule has 0 atom stereocenters. The zero-order valence-corrected chi connectivity index (χ0v) is 13.8. The van der Waals surface area contributed by atoms with Gasteiger partial charge in [-0.1, -0.05) is 35.3 Å². The van der Waals surface area contributed by atoms with Gasteiger partial charge in [0.15, 0.2) is 0 Å². The third-order valence-electron chi connectivity index (χ3n) is 2.88. The van der Waals surface area contributed by atoms with Crippen molar-refractivity contribution in [3.05, 3.63) is 58.1 Å². The van der Waals surface area contributed by atoms with Crippen molar-refractivity contribution < 1.29 is 9.59 Å². The number of carbonyl (C=O) groups is 2. The first-order valence-electron chi connectivity index (χ1n) is 6.80. The van der Waals surface area contributed by atoms with Crippen molar-refractivity contribution in [1.82, 2.24) is 5.32 Å². The molecular formula is C16H15Cl2N3O2. The van der Waals surface area contributed by atoms with Crippen LogP contribution in [0.25, 0.3) is 0 Å². The lowest BCUT2D eigenvalue weighted by Gasteiger charge is -2.09. The van der Waals surface area contributed by atoms with Crippen LogP contribution in [0.15, 0.2) is 42.5 Å². The first kappa shape index (κ1) is 17.1. The summed E-state index contributed by atoms with van der Waals surface area (Å²) in [6.45, 7) is 1.76. The Morgan fingerprint density at radius 2 is 1.70 bits per heavy atom. The molecule has 120 valence electrons. The summed E-state index contributed by atoms with van der Waals surface area (Å²) in [5, 5.41) is 8.87. The highest BCUT2D eigenvalue weighted by molar-refractivity contribution is 6.42. The molecule has 0 saturated carbocycles. The summed E-state index contributed by atoms with van der Waals surface area (Å²) >= 11 is 11.7. The van der Waals surface area contributed by atoms with Crippen LogP contribution in [0.1, 0.15) is 12.5 Å². The minimum Gasteiger partial charge on any atom is -0.334 e. The number of hydrogen-bond donors (Lipinski definition) is 3. The summed E-state index contributed by atoms with van der Waals surface area (Å²) in [6, 6.07) is 11.7. The summed E-state index contributed by atoms with van der Waals surface area (Å²) in [4.78, 5) is 22.9. The van der Waals surface area contributed by atoms with Gasteiger partial charge in [0.05, 0.1) is 10.0 Å². The molecule has 0 aliphatic carbocycles. The van der Waals surface area contributed by atoms with Crippen molar-refractivity contribution in [3.63, 3.8) is 0 Å². The van der Waals surface area contributed by atoms with Gasteiger partial charge in [0.1, 0.15) is 0 Å². The Kier molecular flexibility index (Phi) is 5.84. The minimum atomic E-state index is -0.367. The normalized spacial score (nSPS) is 10.0. The molecule has 2 aromatic carbocycles. The van der Waals surface area contributed by atoms with Gasteiger partial charge in [0.2, 0.25) is 5.91 Å². The van der Waals surface area contributed by atoms with Crippen LogP contribution in [0.5, 0.6) is 0 Å². The smallest absolute Gasteiger partial charge is 0.319 e. The van der Waals surface area contributed by atoms with Crippen molar-refractivity contribution in [2.75, 3.05) is 10.6 Å². The molecule has 3 N–H and O–H groups in total. The first-order valence-corrected chi connectivity index (χ1v) is 7.56. The van der Waals surface area contributed by atoms with Gasteiger partial charge in [-0.05, 0) is 35.9 Å². The third-order valence-corrected chi connectivity index (χ3v) is 3.62. The van der Waals surface area contributed by atoms with E-state index in [1.165, 1.54) is 6.92 Å². The van der Waals surface area contributed by atoms with Gasteiger partial charge in [-0.2, -0.15) is 0 Å². The lowest BCUT2D eigenvalue weighted by molar-refractivity contribution is -0.114. The molecule has 0 bridgehead atoms. The zero-order valence-electron chi connectivity index (χ0n) is 12.3. The molecule has 0 aromatic heterocycles. The summed E-state index contributed by atoms with van der Waals surface area (Å²) < 4.78 is 0. The molecule has 0 aliphatic rings. The Balaban J connectivity index is 1.91. The van der Waals surface area contributed by atoms with E-state index in [2.05, 4.69) is 16.0 Å². The van der Waals surface area contributed by atoms with E-state index in [4.69, 9.17) is 23.2 Å². The summed E-state index contributed by atoms with van der Waals surface area (Å²) in [5.41, 5.74) is 2.09. The predicted molar refractivity (Wildman–Crippen MR) is 93.1 cm³/mol. The number of hydrogen-bond acceptors (Lipinski definition) is 2. The van der Waals surface area contributed by atoms with E-state index < -0.39 is 0 Å². The average molecular weight is 352 g/mol. The quantitative estimate of drug-likeness (QED) is 0.769. The van der Waals surface area contributed by atoms with E-state index in [1.807, 2.05) is 6.07 Å². The molecule has 0 heterocycles. The van der Waals surface area contributed by atoms with E-state index >= 15 is 0 Å². The predicted octanol–water partition coefficient (Wildman–Crippen LogP) is 4.27. The molecule has 0 unspecified atom stereocenters. The van der Waals surface area contributed by atoms with Gasteiger partial charge in [0, 0.05) is 24.8 Å². The first-order chi connectivity index (χ1) is 10.9. The average Bonchev–Trinajstić information content (AvgIpc) is 2.49. The summed E-state index contributed by atoms with van der Waals surface area (Å²) in [5.74, 6) is -0.146. The monoisotopic (exact) mass is 351 g/mol. The number of carbonyl (C=O) groups excluding carboxylic acids is 2. The highest BCUT2D eigenvalue weighted by Crippen LogP contribution is 2.24. The highest BCUT2D eigenvalue weighted by atomic mass is 35.5. The second-order valence-corrected chi connectivity index (χ2v) is 5.63. The molecule has 0 fully saturated rings. The van der Waals surface area contributed by atoms with Crippen LogP contribution in [0.4, 0.5) is 16.2 Å². The molecule has 23 heavy (non-hydrogen) atoms. The number of rotatable bonds is 4. The molecular weight excluding hydrogens is 337 g/mol. The molecule has 5 nitrogen and oxygen atoms in total. The van der Waals surface area contributed by atoms with Crippen LogP contribution >= 0.6 is 23.2 Å². The van der Waals surface area contributed by atoms with Crippen molar-refractivity contribution >= 4 is 46.5 Å². The van der Waals surface area contributed by atoms with E-state index in [1.54, 1.807) is 36.4 Å². The molecule has 0 radical (unpaired) electrons. The fraction of sp³-hybridized carbons (Fsp3) is 0.125. The molecule has 0 aliphatic heterocycles. The Morgan fingerprint density at radius 3 is 2.39 bits per heavy atom. The van der Waals surface area contributed by atoms with Gasteiger partial charge in [-0.15, -0.1) is 0 Å². The molecule has 7 heteroatoms. The standard InChI is InChI=1S/C16H15Cl2N3O2/c1-10(22)20-12-4-2-3-11(7-12)9-19-16(23)21-13-5-6-14(17)15(18)8-13/h2-8H,9H2,1H3,(H,20,22)(H2,19,21,23). The molecule has 0 spiro atoms. The Bertz CT molecular complexity index is 735. The Morgan fingerprint density at radius 1 is 0.957 bits per heavy atom. The Labute approximate surface area is 144 Å². The maximum absolute atomic E-state index is 11.9. The summed E-state index contributed by atoms with van der Waals surface area (Å²) in [7, 11) is 0. The topological polar surface area (TPSA) is 70.2 Å². The Hall–Kier alpha value is -2.24. The number of amides is 3. The van der Waals surface area contributed by atoms with Crippen LogP contribution < -0.4 is 16.0 Å². The molecule has 0 saturated heterocycles. The van der Waals surface area contributed by atoms with Gasteiger partial charge in [-0.25, -0.2) is 4.79 Å². The number of urea groups is 1. The van der Waals surface area contributed by atoms with Gasteiger partial charge in [0.25, 0.3) is 0 Å². The van der Waals surface area contributed by atoms with Crippen molar-refractivity contribution in [3.8, 4) is 0 Å². The zero-order chi connectivity index (χ0) is 16.8. The van der Waals surface area contributed by atoms with E-state index in [0.717, 1.165) is 5.56 Å². The van der Waals surface area contributed by atoms with E-state index in [9.17, 15) is 9.59 Å². The van der Waals surface area contributed by atoms with Crippen molar-refractivity contribution in [2.45, 2.75) is 13.5 Å². The molecule has 2 aromatic rings. The van der Waals surface area contributed by atoms with Crippen LogP contribution in [0.3, 0.4) is 0 Å². The minimum absolute atomic E-state index is 0.146. The van der Waals surface area contributed by atoms with Crippen LogP contribution in [0.2, 0.25) is 10.0 Å². The fourth-order valence-electron chi connectivity index (χ4n) is 1.89. The lowest BCUT2D eigenvalue weighted by atomic mass is 10.2. The highest BCUT2D eigenvalue weighted by Gasteiger charge is 2.05. The maximum Gasteiger partial charge on any atom is 0.319 e. The second kappa shape index (κ2) is 7.85. The fourth-order valence-corrected chi connectivity index (χ4v) is 2.19. The SMILES string of the molecule is CC(=O)Nc1cccc(CNC(=O)Nc2ccc(Cl)c(Cl)c2)c1. The van der Waals surface area contributed by atoms with Crippen molar-refractivity contribution in [1.29, 1.82) is 0 Å². The van der Waals surface area contributed by atoms with Crippen LogP contribution in [0, 0.1) is 0 Å². The van der Waals surface area contributed by atoms with Crippen molar-refractivity contribution in [2.24, 2.45) is 0 Å².